The normalized spacial score (nSPS) is 11.5. The van der Waals surface area contributed by atoms with Gasteiger partial charge in [0.15, 0.2) is 5.82 Å². The highest BCUT2D eigenvalue weighted by Gasteiger charge is 2.19. The summed E-state index contributed by atoms with van der Waals surface area (Å²) in [6.07, 6.45) is 0. The fourth-order valence-electron chi connectivity index (χ4n) is 1.77. The second-order valence-electron chi connectivity index (χ2n) is 5.49. The van der Waals surface area contributed by atoms with E-state index in [4.69, 9.17) is 27.9 Å². The average molecular weight is 311 g/mol. The quantitative estimate of drug-likeness (QED) is 0.750. The van der Waals surface area contributed by atoms with Crippen LogP contribution in [-0.2, 0) is 5.41 Å². The van der Waals surface area contributed by atoms with Crippen LogP contribution in [0.15, 0.2) is 24.3 Å². The summed E-state index contributed by atoms with van der Waals surface area (Å²) in [5, 5.41) is 1.01. The summed E-state index contributed by atoms with van der Waals surface area (Å²) in [6, 6.07) is 7.13. The van der Waals surface area contributed by atoms with Gasteiger partial charge in [0, 0.05) is 10.4 Å². The van der Waals surface area contributed by atoms with Gasteiger partial charge >= 0.3 is 0 Å². The molecule has 0 bridgehead atoms. The second kappa shape index (κ2) is 5.58. The van der Waals surface area contributed by atoms with Crippen LogP contribution in [0.5, 0.6) is 5.75 Å². The molecule has 1 aromatic carbocycles. The zero-order chi connectivity index (χ0) is 14.9. The first-order valence-corrected chi connectivity index (χ1v) is 6.96. The van der Waals surface area contributed by atoms with Crippen LogP contribution in [0, 0.1) is 0 Å². The molecule has 0 atom stereocenters. The number of ether oxygens (including phenoxy) is 1. The van der Waals surface area contributed by atoms with Gasteiger partial charge < -0.3 is 4.74 Å². The van der Waals surface area contributed by atoms with Crippen molar-refractivity contribution in [2.24, 2.45) is 0 Å². The topological polar surface area (TPSA) is 35.0 Å². The van der Waals surface area contributed by atoms with E-state index in [-0.39, 0.29) is 5.41 Å². The minimum atomic E-state index is -0.110. The third kappa shape index (κ3) is 3.22. The number of methoxy groups -OCH3 is 1. The monoisotopic (exact) mass is 310 g/mol. The third-order valence-corrected chi connectivity index (χ3v) is 3.30. The van der Waals surface area contributed by atoms with E-state index in [1.807, 2.05) is 6.07 Å². The lowest BCUT2D eigenvalue weighted by Crippen LogP contribution is -2.14. The lowest BCUT2D eigenvalue weighted by molar-refractivity contribution is 0.416. The van der Waals surface area contributed by atoms with E-state index >= 15 is 0 Å². The number of hydrogen-bond acceptors (Lipinski definition) is 3. The number of benzene rings is 1. The van der Waals surface area contributed by atoms with Crippen molar-refractivity contribution in [2.45, 2.75) is 26.2 Å². The average Bonchev–Trinajstić information content (AvgIpc) is 2.36. The molecule has 0 saturated heterocycles. The summed E-state index contributed by atoms with van der Waals surface area (Å²) in [7, 11) is 1.59. The summed E-state index contributed by atoms with van der Waals surface area (Å²) in [5.41, 5.74) is 1.54. The predicted octanol–water partition coefficient (Wildman–Crippen LogP) is 4.76. The van der Waals surface area contributed by atoms with E-state index in [1.165, 1.54) is 0 Å². The maximum atomic E-state index is 6.11. The fourth-order valence-corrected chi connectivity index (χ4v) is 2.12. The summed E-state index contributed by atoms with van der Waals surface area (Å²) >= 11 is 12.1. The molecule has 20 heavy (non-hydrogen) atoms. The van der Waals surface area contributed by atoms with Gasteiger partial charge in [0.05, 0.1) is 18.4 Å². The molecular weight excluding hydrogens is 295 g/mol. The van der Waals surface area contributed by atoms with Gasteiger partial charge in [0.1, 0.15) is 10.9 Å². The zero-order valence-corrected chi connectivity index (χ0v) is 13.4. The highest BCUT2D eigenvalue weighted by atomic mass is 35.5. The Morgan fingerprint density at radius 3 is 2.35 bits per heavy atom. The Balaban J connectivity index is 2.61. The van der Waals surface area contributed by atoms with Gasteiger partial charge in [0.25, 0.3) is 0 Å². The van der Waals surface area contributed by atoms with E-state index in [0.717, 1.165) is 11.3 Å². The minimum Gasteiger partial charge on any atom is -0.496 e. The number of nitrogens with zero attached hydrogens (tertiary/aromatic N) is 2. The van der Waals surface area contributed by atoms with Crippen molar-refractivity contribution in [1.29, 1.82) is 0 Å². The van der Waals surface area contributed by atoms with Crippen LogP contribution in [-0.4, -0.2) is 17.1 Å². The number of aromatic nitrogens is 2. The van der Waals surface area contributed by atoms with E-state index in [9.17, 15) is 0 Å². The Morgan fingerprint density at radius 1 is 1.05 bits per heavy atom. The maximum Gasteiger partial charge on any atom is 0.164 e. The summed E-state index contributed by atoms with van der Waals surface area (Å²) in [4.78, 5) is 8.88. The molecule has 0 saturated carbocycles. The van der Waals surface area contributed by atoms with Gasteiger partial charge in [-0.05, 0) is 24.3 Å². The molecule has 0 amide bonds. The Kier molecular flexibility index (Phi) is 4.21. The highest BCUT2D eigenvalue weighted by molar-refractivity contribution is 6.31. The molecule has 3 nitrogen and oxygen atoms in total. The van der Waals surface area contributed by atoms with Gasteiger partial charge in [-0.15, -0.1) is 0 Å². The van der Waals surface area contributed by atoms with Crippen molar-refractivity contribution in [2.75, 3.05) is 7.11 Å². The van der Waals surface area contributed by atoms with Crippen LogP contribution in [0.25, 0.3) is 11.4 Å². The molecule has 0 aliphatic carbocycles. The molecule has 2 rings (SSSR count). The Labute approximate surface area is 128 Å². The van der Waals surface area contributed by atoms with Gasteiger partial charge in [-0.2, -0.15) is 0 Å². The Bertz CT molecular complexity index is 636. The van der Waals surface area contributed by atoms with E-state index in [0.29, 0.717) is 21.7 Å². The molecule has 0 aliphatic rings. The van der Waals surface area contributed by atoms with Crippen molar-refractivity contribution in [3.8, 4) is 17.1 Å². The highest BCUT2D eigenvalue weighted by Crippen LogP contribution is 2.32. The van der Waals surface area contributed by atoms with Crippen LogP contribution in [0.2, 0.25) is 10.2 Å². The van der Waals surface area contributed by atoms with E-state index < -0.39 is 0 Å². The zero-order valence-electron chi connectivity index (χ0n) is 11.9. The molecule has 0 N–H and O–H groups in total. The van der Waals surface area contributed by atoms with Gasteiger partial charge in [-0.25, -0.2) is 9.97 Å². The van der Waals surface area contributed by atoms with Gasteiger partial charge in [-0.3, -0.25) is 0 Å². The van der Waals surface area contributed by atoms with E-state index in [2.05, 4.69) is 30.7 Å². The van der Waals surface area contributed by atoms with Crippen LogP contribution in [0.1, 0.15) is 26.5 Å². The molecule has 0 aliphatic heterocycles. The molecule has 106 valence electrons. The van der Waals surface area contributed by atoms with Crippen LogP contribution < -0.4 is 4.74 Å². The largest absolute Gasteiger partial charge is 0.496 e. The second-order valence-corrected chi connectivity index (χ2v) is 6.32. The smallest absolute Gasteiger partial charge is 0.164 e. The fraction of sp³-hybridized carbons (Fsp3) is 0.333. The lowest BCUT2D eigenvalue weighted by Gasteiger charge is -2.19. The summed E-state index contributed by atoms with van der Waals surface area (Å²) < 4.78 is 5.34. The number of halogens is 2. The molecule has 1 heterocycles. The summed E-state index contributed by atoms with van der Waals surface area (Å²) in [6.45, 7) is 6.23. The molecule has 0 spiro atoms. The molecular formula is C15H16Cl2N2O. The van der Waals surface area contributed by atoms with Gasteiger partial charge in [-0.1, -0.05) is 44.0 Å². The van der Waals surface area contributed by atoms with Crippen molar-refractivity contribution in [3.05, 3.63) is 40.1 Å². The first kappa shape index (κ1) is 15.1. The van der Waals surface area contributed by atoms with Crippen molar-refractivity contribution < 1.29 is 4.74 Å². The molecule has 1 aromatic heterocycles. The van der Waals surface area contributed by atoms with Crippen molar-refractivity contribution in [1.82, 2.24) is 9.97 Å². The van der Waals surface area contributed by atoms with Crippen molar-refractivity contribution >= 4 is 23.2 Å². The maximum absolute atomic E-state index is 6.11. The van der Waals surface area contributed by atoms with Gasteiger partial charge in [0.2, 0.25) is 0 Å². The third-order valence-electron chi connectivity index (χ3n) is 2.87. The molecule has 5 heteroatoms. The number of hydrogen-bond donors (Lipinski definition) is 0. The standard InChI is InChI=1S/C15H16Cl2N2O/c1-15(2,3)12-8-13(17)19-14(18-12)10-6-5-9(16)7-11(10)20-4/h5-8H,1-4H3. The van der Waals surface area contributed by atoms with Crippen molar-refractivity contribution in [3.63, 3.8) is 0 Å². The Morgan fingerprint density at radius 2 is 1.75 bits per heavy atom. The van der Waals surface area contributed by atoms with Crippen LogP contribution in [0.3, 0.4) is 0 Å². The Hall–Kier alpha value is -1.32. The van der Waals surface area contributed by atoms with Crippen LogP contribution in [0.4, 0.5) is 0 Å². The molecule has 0 unspecified atom stereocenters. The lowest BCUT2D eigenvalue weighted by atomic mass is 9.92. The van der Waals surface area contributed by atoms with Crippen LogP contribution >= 0.6 is 23.2 Å². The molecule has 0 radical (unpaired) electrons. The summed E-state index contributed by atoms with van der Waals surface area (Å²) in [5.74, 6) is 1.16. The SMILES string of the molecule is COc1cc(Cl)ccc1-c1nc(Cl)cc(C(C)(C)C)n1. The first-order chi connectivity index (χ1) is 9.31. The minimum absolute atomic E-state index is 0.110. The first-order valence-electron chi connectivity index (χ1n) is 6.20. The van der Waals surface area contributed by atoms with E-state index in [1.54, 1.807) is 25.3 Å². The molecule has 0 fully saturated rings. The number of rotatable bonds is 2. The molecule has 2 aromatic rings. The predicted molar refractivity (Wildman–Crippen MR) is 82.7 cm³/mol.